The number of hydrogen-bond donors (Lipinski definition) is 0. The van der Waals surface area contributed by atoms with E-state index >= 15 is 0 Å². The predicted octanol–water partition coefficient (Wildman–Crippen LogP) is 2.56. The van der Waals surface area contributed by atoms with Crippen LogP contribution >= 0.6 is 0 Å². The summed E-state index contributed by atoms with van der Waals surface area (Å²) in [6.07, 6.45) is 0. The first-order valence-electron chi connectivity index (χ1n) is 5.58. The lowest BCUT2D eigenvalue weighted by Gasteiger charge is -2.29. The van der Waals surface area contributed by atoms with Gasteiger partial charge >= 0.3 is 0 Å². The zero-order valence-corrected chi connectivity index (χ0v) is 10.4. The van der Waals surface area contributed by atoms with E-state index in [0.29, 0.717) is 17.9 Å². The molecular weight excluding hydrogens is 219 g/mol. The normalized spacial score (nSPS) is 11.9. The number of likely N-dealkylation sites (N-methyl/N-ethyl adjacent to an activating group) is 1. The molecule has 0 saturated carbocycles. The summed E-state index contributed by atoms with van der Waals surface area (Å²) < 4.78 is 18.4. The second kappa shape index (κ2) is 6.21. The van der Waals surface area contributed by atoms with Gasteiger partial charge in [0.2, 0.25) is 0 Å². The van der Waals surface area contributed by atoms with Crippen LogP contribution in [0.15, 0.2) is 18.2 Å². The number of nitrogens with zero attached hydrogens (tertiary/aromatic N) is 2. The van der Waals surface area contributed by atoms with Crippen LogP contribution in [0, 0.1) is 17.1 Å². The zero-order valence-electron chi connectivity index (χ0n) is 10.4. The standard InChI is InChI=1S/C13H17FN2O/c1-4-16(10(2)9-17-3)13-6-11(8-15)5-12(14)7-13/h5-7,10H,4,9H2,1-3H3. The summed E-state index contributed by atoms with van der Waals surface area (Å²) in [4.78, 5) is 2.01. The number of methoxy groups -OCH3 is 1. The second-order valence-corrected chi connectivity index (χ2v) is 3.90. The Labute approximate surface area is 101 Å². The van der Waals surface area contributed by atoms with Crippen LogP contribution in [0.25, 0.3) is 0 Å². The fourth-order valence-electron chi connectivity index (χ4n) is 1.88. The Kier molecular flexibility index (Phi) is 4.92. The molecule has 0 aliphatic rings. The zero-order chi connectivity index (χ0) is 12.8. The van der Waals surface area contributed by atoms with Gasteiger partial charge in [-0.2, -0.15) is 5.26 Å². The van der Waals surface area contributed by atoms with Gasteiger partial charge in [0.1, 0.15) is 5.82 Å². The number of ether oxygens (including phenoxy) is 1. The minimum absolute atomic E-state index is 0.137. The summed E-state index contributed by atoms with van der Waals surface area (Å²) in [5, 5.41) is 8.82. The molecule has 0 fully saturated rings. The van der Waals surface area contributed by atoms with E-state index in [1.54, 1.807) is 13.2 Å². The van der Waals surface area contributed by atoms with E-state index in [9.17, 15) is 4.39 Å². The highest BCUT2D eigenvalue weighted by Crippen LogP contribution is 2.20. The van der Waals surface area contributed by atoms with Crippen LogP contribution in [-0.2, 0) is 4.74 Å². The quantitative estimate of drug-likeness (QED) is 0.788. The van der Waals surface area contributed by atoms with Gasteiger partial charge in [-0.3, -0.25) is 0 Å². The first-order chi connectivity index (χ1) is 8.12. The van der Waals surface area contributed by atoms with Gasteiger partial charge in [-0.05, 0) is 32.0 Å². The molecule has 3 nitrogen and oxygen atoms in total. The topological polar surface area (TPSA) is 36.3 Å². The summed E-state index contributed by atoms with van der Waals surface area (Å²) in [5.41, 5.74) is 1.05. The number of rotatable bonds is 5. The minimum atomic E-state index is -0.387. The molecule has 0 N–H and O–H groups in total. The van der Waals surface area contributed by atoms with Crippen LogP contribution in [0.4, 0.5) is 10.1 Å². The summed E-state index contributed by atoms with van der Waals surface area (Å²) in [6, 6.07) is 6.47. The van der Waals surface area contributed by atoms with Crippen molar-refractivity contribution in [1.29, 1.82) is 5.26 Å². The highest BCUT2D eigenvalue weighted by molar-refractivity contribution is 5.52. The van der Waals surface area contributed by atoms with Gasteiger partial charge in [0.25, 0.3) is 0 Å². The Morgan fingerprint density at radius 3 is 2.71 bits per heavy atom. The molecule has 0 saturated heterocycles. The van der Waals surface area contributed by atoms with Crippen LogP contribution in [0.5, 0.6) is 0 Å². The smallest absolute Gasteiger partial charge is 0.126 e. The van der Waals surface area contributed by atoms with Gasteiger partial charge in [-0.25, -0.2) is 4.39 Å². The summed E-state index contributed by atoms with van der Waals surface area (Å²) in [6.45, 7) is 5.29. The fourth-order valence-corrected chi connectivity index (χ4v) is 1.88. The molecule has 17 heavy (non-hydrogen) atoms. The van der Waals surface area contributed by atoms with Crippen molar-refractivity contribution in [3.05, 3.63) is 29.6 Å². The Morgan fingerprint density at radius 2 is 2.18 bits per heavy atom. The van der Waals surface area contributed by atoms with Crippen LogP contribution in [-0.4, -0.2) is 26.3 Å². The molecule has 92 valence electrons. The Morgan fingerprint density at radius 1 is 1.47 bits per heavy atom. The third kappa shape index (κ3) is 3.43. The van der Waals surface area contributed by atoms with Crippen LogP contribution in [0.1, 0.15) is 19.4 Å². The van der Waals surface area contributed by atoms with Crippen LogP contribution in [0.3, 0.4) is 0 Å². The van der Waals surface area contributed by atoms with Crippen molar-refractivity contribution in [3.63, 3.8) is 0 Å². The molecule has 0 bridgehead atoms. The lowest BCUT2D eigenvalue weighted by Crippen LogP contribution is -2.36. The third-order valence-electron chi connectivity index (χ3n) is 2.62. The Hall–Kier alpha value is -1.60. The van der Waals surface area contributed by atoms with Gasteiger partial charge in [0.15, 0.2) is 0 Å². The molecule has 4 heteroatoms. The van der Waals surface area contributed by atoms with E-state index in [1.165, 1.54) is 12.1 Å². The molecule has 1 rings (SSSR count). The molecule has 1 atom stereocenters. The summed E-state index contributed by atoms with van der Waals surface area (Å²) in [5.74, 6) is -0.387. The van der Waals surface area contributed by atoms with Gasteiger partial charge in [0.05, 0.1) is 18.2 Å². The van der Waals surface area contributed by atoms with E-state index in [0.717, 1.165) is 6.54 Å². The SMILES string of the molecule is CCN(c1cc(F)cc(C#N)c1)C(C)COC. The van der Waals surface area contributed by atoms with Crippen molar-refractivity contribution in [2.75, 3.05) is 25.2 Å². The third-order valence-corrected chi connectivity index (χ3v) is 2.62. The van der Waals surface area contributed by atoms with Crippen molar-refractivity contribution in [1.82, 2.24) is 0 Å². The van der Waals surface area contributed by atoms with E-state index in [4.69, 9.17) is 10.00 Å². The predicted molar refractivity (Wildman–Crippen MR) is 65.5 cm³/mol. The number of hydrogen-bond acceptors (Lipinski definition) is 3. The maximum Gasteiger partial charge on any atom is 0.126 e. The molecule has 1 unspecified atom stereocenters. The number of benzene rings is 1. The van der Waals surface area contributed by atoms with Crippen LogP contribution in [0.2, 0.25) is 0 Å². The minimum Gasteiger partial charge on any atom is -0.383 e. The van der Waals surface area contributed by atoms with Gasteiger partial charge < -0.3 is 9.64 Å². The maximum absolute atomic E-state index is 13.4. The number of halogens is 1. The second-order valence-electron chi connectivity index (χ2n) is 3.90. The molecule has 0 heterocycles. The summed E-state index contributed by atoms with van der Waals surface area (Å²) >= 11 is 0. The highest BCUT2D eigenvalue weighted by Gasteiger charge is 2.14. The molecule has 0 aliphatic carbocycles. The Bertz CT molecular complexity index is 414. The average Bonchev–Trinajstić information content (AvgIpc) is 2.29. The van der Waals surface area contributed by atoms with E-state index in [-0.39, 0.29) is 11.9 Å². The van der Waals surface area contributed by atoms with Crippen LogP contribution < -0.4 is 4.90 Å². The van der Waals surface area contributed by atoms with Crippen molar-refractivity contribution < 1.29 is 9.13 Å². The molecular formula is C13H17FN2O. The van der Waals surface area contributed by atoms with Gasteiger partial charge in [-0.1, -0.05) is 0 Å². The molecule has 1 aromatic carbocycles. The van der Waals surface area contributed by atoms with E-state index < -0.39 is 0 Å². The van der Waals surface area contributed by atoms with Crippen molar-refractivity contribution >= 4 is 5.69 Å². The maximum atomic E-state index is 13.4. The average molecular weight is 236 g/mol. The number of nitriles is 1. The van der Waals surface area contributed by atoms with E-state index in [1.807, 2.05) is 24.8 Å². The van der Waals surface area contributed by atoms with Gasteiger partial charge in [-0.15, -0.1) is 0 Å². The van der Waals surface area contributed by atoms with E-state index in [2.05, 4.69) is 0 Å². The summed E-state index contributed by atoms with van der Waals surface area (Å²) in [7, 11) is 1.64. The van der Waals surface area contributed by atoms with Gasteiger partial charge in [0, 0.05) is 25.4 Å². The molecule has 0 aromatic heterocycles. The molecule has 0 spiro atoms. The number of anilines is 1. The lowest BCUT2D eigenvalue weighted by molar-refractivity contribution is 0.182. The van der Waals surface area contributed by atoms with Crippen molar-refractivity contribution in [2.24, 2.45) is 0 Å². The lowest BCUT2D eigenvalue weighted by atomic mass is 10.1. The first kappa shape index (κ1) is 13.5. The highest BCUT2D eigenvalue weighted by atomic mass is 19.1. The monoisotopic (exact) mass is 236 g/mol. The Balaban J connectivity index is 3.03. The van der Waals surface area contributed by atoms with Crippen molar-refractivity contribution in [3.8, 4) is 6.07 Å². The van der Waals surface area contributed by atoms with Crippen molar-refractivity contribution in [2.45, 2.75) is 19.9 Å². The largest absolute Gasteiger partial charge is 0.383 e. The fraction of sp³-hybridized carbons (Fsp3) is 0.462. The molecule has 0 radical (unpaired) electrons. The molecule has 1 aromatic rings. The molecule has 0 aliphatic heterocycles. The molecule has 0 amide bonds. The first-order valence-corrected chi connectivity index (χ1v) is 5.58.